The largest absolute Gasteiger partial charge is 0.299 e. The lowest BCUT2D eigenvalue weighted by Crippen LogP contribution is -2.21. The van der Waals surface area contributed by atoms with Crippen molar-refractivity contribution in [3.05, 3.63) is 21.6 Å². The summed E-state index contributed by atoms with van der Waals surface area (Å²) in [5, 5.41) is 3.18. The van der Waals surface area contributed by atoms with Crippen LogP contribution in [0, 0.1) is 0 Å². The van der Waals surface area contributed by atoms with Crippen molar-refractivity contribution < 1.29 is 0 Å². The molecular formula is C11H20N2O. The zero-order valence-corrected chi connectivity index (χ0v) is 9.72. The second-order valence-corrected chi connectivity index (χ2v) is 4.28. The summed E-state index contributed by atoms with van der Waals surface area (Å²) in [4.78, 5) is 12.0. The fourth-order valence-corrected chi connectivity index (χ4v) is 1.74. The molecule has 80 valence electrons. The average Bonchev–Trinajstić information content (AvgIpc) is 2.42. The zero-order chi connectivity index (χ0) is 10.9. The molecule has 0 aliphatic carbocycles. The molecule has 0 spiro atoms. The van der Waals surface area contributed by atoms with Crippen molar-refractivity contribution in [2.75, 3.05) is 0 Å². The summed E-state index contributed by atoms with van der Waals surface area (Å²) < 4.78 is 1.72. The van der Waals surface area contributed by atoms with E-state index in [2.05, 4.69) is 25.9 Å². The summed E-state index contributed by atoms with van der Waals surface area (Å²) in [6, 6.07) is 0.209. The predicted molar refractivity (Wildman–Crippen MR) is 58.9 cm³/mol. The van der Waals surface area contributed by atoms with Gasteiger partial charge >= 0.3 is 0 Å². The molecule has 3 heteroatoms. The van der Waals surface area contributed by atoms with Crippen molar-refractivity contribution in [3.8, 4) is 0 Å². The van der Waals surface area contributed by atoms with E-state index in [4.69, 9.17) is 0 Å². The summed E-state index contributed by atoms with van der Waals surface area (Å²) in [5.74, 6) is 0.300. The van der Waals surface area contributed by atoms with Gasteiger partial charge in [0.15, 0.2) is 0 Å². The Bertz CT molecular complexity index is 358. The highest BCUT2D eigenvalue weighted by Gasteiger charge is 2.16. The number of hydrogen-bond donors (Lipinski definition) is 1. The Balaban J connectivity index is 3.33. The van der Waals surface area contributed by atoms with Gasteiger partial charge in [-0.15, -0.1) is 0 Å². The second kappa shape index (κ2) is 4.03. The van der Waals surface area contributed by atoms with Gasteiger partial charge in [0.25, 0.3) is 5.56 Å². The fourth-order valence-electron chi connectivity index (χ4n) is 1.74. The van der Waals surface area contributed by atoms with Gasteiger partial charge in [0, 0.05) is 17.3 Å². The molecule has 1 N–H and O–H groups in total. The molecule has 0 amide bonds. The van der Waals surface area contributed by atoms with Crippen molar-refractivity contribution in [2.45, 2.75) is 53.0 Å². The summed E-state index contributed by atoms with van der Waals surface area (Å²) >= 11 is 0. The van der Waals surface area contributed by atoms with Crippen molar-refractivity contribution in [1.82, 2.24) is 9.78 Å². The van der Waals surface area contributed by atoms with Gasteiger partial charge in [-0.2, -0.15) is 0 Å². The van der Waals surface area contributed by atoms with Crippen LogP contribution in [-0.4, -0.2) is 9.78 Å². The van der Waals surface area contributed by atoms with Crippen LogP contribution in [-0.2, 0) is 6.42 Å². The van der Waals surface area contributed by atoms with E-state index < -0.39 is 0 Å². The van der Waals surface area contributed by atoms with E-state index in [1.807, 2.05) is 13.8 Å². The highest BCUT2D eigenvalue weighted by atomic mass is 16.1. The average molecular weight is 196 g/mol. The first-order valence-electron chi connectivity index (χ1n) is 5.32. The van der Waals surface area contributed by atoms with Crippen molar-refractivity contribution >= 4 is 0 Å². The van der Waals surface area contributed by atoms with Gasteiger partial charge in [0.05, 0.1) is 0 Å². The molecular weight excluding hydrogens is 176 g/mol. The third kappa shape index (κ3) is 1.76. The SMILES string of the molecule is CCc1[nH]n(C(C)C)c(=O)c1C(C)C. The van der Waals surface area contributed by atoms with E-state index in [0.29, 0.717) is 5.92 Å². The molecule has 0 unspecified atom stereocenters. The van der Waals surface area contributed by atoms with Gasteiger partial charge in [-0.1, -0.05) is 20.8 Å². The Hall–Kier alpha value is -0.990. The molecule has 14 heavy (non-hydrogen) atoms. The fraction of sp³-hybridized carbons (Fsp3) is 0.727. The first kappa shape index (κ1) is 11.1. The third-order valence-electron chi connectivity index (χ3n) is 2.48. The number of aromatic amines is 1. The summed E-state index contributed by atoms with van der Waals surface area (Å²) in [7, 11) is 0. The van der Waals surface area contributed by atoms with Crippen LogP contribution >= 0.6 is 0 Å². The highest BCUT2D eigenvalue weighted by Crippen LogP contribution is 2.15. The van der Waals surface area contributed by atoms with Crippen molar-refractivity contribution in [1.29, 1.82) is 0 Å². The van der Waals surface area contributed by atoms with Gasteiger partial charge in [-0.05, 0) is 26.2 Å². The van der Waals surface area contributed by atoms with E-state index in [1.165, 1.54) is 0 Å². The molecule has 0 aliphatic rings. The topological polar surface area (TPSA) is 37.8 Å². The van der Waals surface area contributed by atoms with Crippen LogP contribution in [0.3, 0.4) is 0 Å². The minimum absolute atomic E-state index is 0.145. The Labute approximate surface area is 85.1 Å². The lowest BCUT2D eigenvalue weighted by molar-refractivity contribution is 0.511. The van der Waals surface area contributed by atoms with Crippen LogP contribution in [0.25, 0.3) is 0 Å². The Morgan fingerprint density at radius 1 is 1.29 bits per heavy atom. The Kier molecular flexibility index (Phi) is 3.19. The lowest BCUT2D eigenvalue weighted by Gasteiger charge is -2.04. The Morgan fingerprint density at radius 3 is 2.14 bits per heavy atom. The maximum absolute atomic E-state index is 12.0. The van der Waals surface area contributed by atoms with E-state index in [-0.39, 0.29) is 11.6 Å². The number of nitrogens with one attached hydrogen (secondary N) is 1. The molecule has 0 aromatic carbocycles. The number of rotatable bonds is 3. The summed E-state index contributed by atoms with van der Waals surface area (Å²) in [6.07, 6.45) is 0.891. The molecule has 1 aromatic rings. The zero-order valence-electron chi connectivity index (χ0n) is 9.72. The molecule has 1 heterocycles. The van der Waals surface area contributed by atoms with E-state index >= 15 is 0 Å². The maximum Gasteiger partial charge on any atom is 0.270 e. The molecule has 0 atom stereocenters. The number of nitrogens with zero attached hydrogens (tertiary/aromatic N) is 1. The van der Waals surface area contributed by atoms with Crippen LogP contribution in [0.5, 0.6) is 0 Å². The van der Waals surface area contributed by atoms with E-state index in [1.54, 1.807) is 4.68 Å². The quantitative estimate of drug-likeness (QED) is 0.792. The van der Waals surface area contributed by atoms with E-state index in [9.17, 15) is 4.79 Å². The normalized spacial score (nSPS) is 11.6. The van der Waals surface area contributed by atoms with Crippen LogP contribution in [0.15, 0.2) is 4.79 Å². The molecule has 0 saturated heterocycles. The molecule has 0 radical (unpaired) electrons. The molecule has 0 aliphatic heterocycles. The van der Waals surface area contributed by atoms with Crippen molar-refractivity contribution in [2.24, 2.45) is 0 Å². The molecule has 0 saturated carbocycles. The monoisotopic (exact) mass is 196 g/mol. The van der Waals surface area contributed by atoms with Crippen LogP contribution < -0.4 is 5.56 Å². The van der Waals surface area contributed by atoms with Crippen LogP contribution in [0.4, 0.5) is 0 Å². The number of aryl methyl sites for hydroxylation is 1. The summed E-state index contributed by atoms with van der Waals surface area (Å²) in [5.41, 5.74) is 2.17. The minimum Gasteiger partial charge on any atom is -0.299 e. The highest BCUT2D eigenvalue weighted by molar-refractivity contribution is 5.21. The van der Waals surface area contributed by atoms with Gasteiger partial charge in [-0.25, -0.2) is 0 Å². The standard InChI is InChI=1S/C11H20N2O/c1-6-9-10(7(2)3)11(14)13(12-9)8(4)5/h7-8,12H,6H2,1-5H3. The predicted octanol–water partition coefficient (Wildman–Crippen LogP) is 2.44. The Morgan fingerprint density at radius 2 is 1.86 bits per heavy atom. The van der Waals surface area contributed by atoms with Crippen LogP contribution in [0.1, 0.15) is 57.8 Å². The second-order valence-electron chi connectivity index (χ2n) is 4.28. The summed E-state index contributed by atoms with van der Waals surface area (Å²) in [6.45, 7) is 10.2. The van der Waals surface area contributed by atoms with Gasteiger partial charge in [0.1, 0.15) is 0 Å². The van der Waals surface area contributed by atoms with Gasteiger partial charge in [-0.3, -0.25) is 14.6 Å². The third-order valence-corrected chi connectivity index (χ3v) is 2.48. The first-order valence-corrected chi connectivity index (χ1v) is 5.32. The number of H-pyrrole nitrogens is 1. The van der Waals surface area contributed by atoms with Gasteiger partial charge < -0.3 is 0 Å². The van der Waals surface area contributed by atoms with Crippen LogP contribution in [0.2, 0.25) is 0 Å². The lowest BCUT2D eigenvalue weighted by atomic mass is 10.0. The molecule has 1 rings (SSSR count). The van der Waals surface area contributed by atoms with Gasteiger partial charge in [0.2, 0.25) is 0 Å². The molecule has 1 aromatic heterocycles. The number of hydrogen-bond acceptors (Lipinski definition) is 1. The molecule has 0 bridgehead atoms. The molecule has 3 nitrogen and oxygen atoms in total. The number of aromatic nitrogens is 2. The minimum atomic E-state index is 0.145. The molecule has 0 fully saturated rings. The van der Waals surface area contributed by atoms with E-state index in [0.717, 1.165) is 17.7 Å². The first-order chi connectivity index (χ1) is 6.49. The smallest absolute Gasteiger partial charge is 0.270 e. The van der Waals surface area contributed by atoms with Crippen molar-refractivity contribution in [3.63, 3.8) is 0 Å². The maximum atomic E-state index is 12.0.